The van der Waals surface area contributed by atoms with Gasteiger partial charge in [-0.1, -0.05) is 59.6 Å². The van der Waals surface area contributed by atoms with E-state index in [0.29, 0.717) is 34.5 Å². The lowest BCUT2D eigenvalue weighted by atomic mass is 10.1. The zero-order valence-electron chi connectivity index (χ0n) is 16.8. The van der Waals surface area contributed by atoms with Crippen LogP contribution < -0.4 is 5.56 Å². The van der Waals surface area contributed by atoms with Crippen molar-refractivity contribution in [3.63, 3.8) is 0 Å². The number of halogens is 2. The third-order valence-electron chi connectivity index (χ3n) is 5.51. The highest BCUT2D eigenvalue weighted by Crippen LogP contribution is 2.27. The first kappa shape index (κ1) is 19.5. The normalized spacial score (nSPS) is 11.5. The standard InChI is InChI=1S/C25H19ClFN3O/c1-16-5-4-6-17(11-16)13-30-22-10-9-19(27)12-20(22)23-24(30)25(31)29(15-28-23)14-18-7-2-3-8-21(18)26/h2-12,15H,13-14H2,1H3. The topological polar surface area (TPSA) is 39.8 Å². The Hall–Kier alpha value is -3.44. The second-order valence-corrected chi connectivity index (χ2v) is 8.11. The molecule has 0 N–H and O–H groups in total. The first-order chi connectivity index (χ1) is 15.0. The van der Waals surface area contributed by atoms with E-state index < -0.39 is 0 Å². The van der Waals surface area contributed by atoms with Gasteiger partial charge in [0.2, 0.25) is 0 Å². The molecule has 2 aromatic heterocycles. The minimum absolute atomic E-state index is 0.186. The third-order valence-corrected chi connectivity index (χ3v) is 5.88. The average molecular weight is 432 g/mol. The second kappa shape index (κ2) is 7.67. The molecule has 31 heavy (non-hydrogen) atoms. The predicted molar refractivity (Wildman–Crippen MR) is 122 cm³/mol. The molecule has 0 saturated heterocycles. The molecule has 0 unspecified atom stereocenters. The molecule has 0 aliphatic rings. The summed E-state index contributed by atoms with van der Waals surface area (Å²) in [7, 11) is 0. The van der Waals surface area contributed by atoms with Gasteiger partial charge < -0.3 is 4.57 Å². The minimum atomic E-state index is -0.357. The Kier molecular flexibility index (Phi) is 4.83. The van der Waals surface area contributed by atoms with Crippen molar-refractivity contribution in [2.24, 2.45) is 0 Å². The molecular formula is C25H19ClFN3O. The Morgan fingerprint density at radius 1 is 1.00 bits per heavy atom. The van der Waals surface area contributed by atoms with Gasteiger partial charge in [0.25, 0.3) is 5.56 Å². The van der Waals surface area contributed by atoms with Gasteiger partial charge in [0.1, 0.15) is 16.9 Å². The maximum atomic E-state index is 14.0. The van der Waals surface area contributed by atoms with E-state index in [2.05, 4.69) is 11.1 Å². The first-order valence-corrected chi connectivity index (χ1v) is 10.3. The summed E-state index contributed by atoms with van der Waals surface area (Å²) in [6, 6.07) is 20.1. The molecule has 0 amide bonds. The van der Waals surface area contributed by atoms with Gasteiger partial charge >= 0.3 is 0 Å². The smallest absolute Gasteiger partial charge is 0.278 e. The molecule has 0 saturated carbocycles. The van der Waals surface area contributed by atoms with Crippen LogP contribution in [0.4, 0.5) is 4.39 Å². The fourth-order valence-electron chi connectivity index (χ4n) is 4.05. The Morgan fingerprint density at radius 2 is 1.84 bits per heavy atom. The number of hydrogen-bond acceptors (Lipinski definition) is 2. The number of rotatable bonds is 4. The Bertz CT molecular complexity index is 1500. The predicted octanol–water partition coefficient (Wildman–Crippen LogP) is 5.55. The summed E-state index contributed by atoms with van der Waals surface area (Å²) in [6.07, 6.45) is 1.51. The third kappa shape index (κ3) is 3.51. The minimum Gasteiger partial charge on any atom is -0.330 e. The van der Waals surface area contributed by atoms with Crippen molar-refractivity contribution < 1.29 is 4.39 Å². The SMILES string of the molecule is Cc1cccc(Cn2c3ccc(F)cc3c3ncn(Cc4ccccc4Cl)c(=O)c32)c1. The quantitative estimate of drug-likeness (QED) is 0.374. The molecule has 5 aromatic rings. The van der Waals surface area contributed by atoms with Crippen LogP contribution >= 0.6 is 11.6 Å². The number of aromatic nitrogens is 3. The zero-order chi connectivity index (χ0) is 21.5. The van der Waals surface area contributed by atoms with Gasteiger partial charge in [-0.15, -0.1) is 0 Å². The molecule has 0 radical (unpaired) electrons. The molecule has 2 heterocycles. The Labute approximate surface area is 183 Å². The molecule has 0 bridgehead atoms. The fourth-order valence-corrected chi connectivity index (χ4v) is 4.25. The largest absolute Gasteiger partial charge is 0.330 e. The summed E-state index contributed by atoms with van der Waals surface area (Å²) in [5.74, 6) is -0.357. The van der Waals surface area contributed by atoms with Gasteiger partial charge in [0.05, 0.1) is 18.4 Å². The van der Waals surface area contributed by atoms with Crippen molar-refractivity contribution in [3.8, 4) is 0 Å². The molecule has 0 aliphatic carbocycles. The van der Waals surface area contributed by atoms with E-state index in [-0.39, 0.29) is 11.4 Å². The highest BCUT2D eigenvalue weighted by atomic mass is 35.5. The lowest BCUT2D eigenvalue weighted by Gasteiger charge is -2.10. The molecule has 0 aliphatic heterocycles. The van der Waals surface area contributed by atoms with E-state index in [0.717, 1.165) is 22.2 Å². The van der Waals surface area contributed by atoms with Gasteiger partial charge in [-0.25, -0.2) is 9.37 Å². The summed E-state index contributed by atoms with van der Waals surface area (Å²) < 4.78 is 17.5. The van der Waals surface area contributed by atoms with Gasteiger partial charge in [-0.3, -0.25) is 9.36 Å². The number of hydrogen-bond donors (Lipinski definition) is 0. The molecule has 5 rings (SSSR count). The van der Waals surface area contributed by atoms with Crippen LogP contribution in [0, 0.1) is 12.7 Å². The van der Waals surface area contributed by atoms with E-state index in [1.807, 2.05) is 47.9 Å². The molecule has 0 spiro atoms. The molecule has 154 valence electrons. The highest BCUT2D eigenvalue weighted by Gasteiger charge is 2.18. The maximum Gasteiger partial charge on any atom is 0.278 e. The second-order valence-electron chi connectivity index (χ2n) is 7.70. The summed E-state index contributed by atoms with van der Waals surface area (Å²) in [5.41, 5.74) is 4.58. The first-order valence-electron chi connectivity index (χ1n) is 9.97. The summed E-state index contributed by atoms with van der Waals surface area (Å²) in [4.78, 5) is 18.1. The van der Waals surface area contributed by atoms with E-state index in [9.17, 15) is 9.18 Å². The maximum absolute atomic E-state index is 14.0. The van der Waals surface area contributed by atoms with Crippen molar-refractivity contribution in [2.45, 2.75) is 20.0 Å². The van der Waals surface area contributed by atoms with Crippen LogP contribution in [0.5, 0.6) is 0 Å². The number of aryl methyl sites for hydroxylation is 1. The molecule has 0 atom stereocenters. The summed E-state index contributed by atoms with van der Waals surface area (Å²) in [6.45, 7) is 2.82. The van der Waals surface area contributed by atoms with E-state index in [4.69, 9.17) is 11.6 Å². The lowest BCUT2D eigenvalue weighted by Crippen LogP contribution is -2.23. The van der Waals surface area contributed by atoms with Gasteiger partial charge in [-0.2, -0.15) is 0 Å². The van der Waals surface area contributed by atoms with E-state index in [1.54, 1.807) is 16.7 Å². The van der Waals surface area contributed by atoms with Crippen LogP contribution in [-0.2, 0) is 13.1 Å². The van der Waals surface area contributed by atoms with Crippen molar-refractivity contribution in [1.29, 1.82) is 0 Å². The molecular weight excluding hydrogens is 413 g/mol. The van der Waals surface area contributed by atoms with Crippen LogP contribution in [-0.4, -0.2) is 14.1 Å². The number of nitrogens with zero attached hydrogens (tertiary/aromatic N) is 3. The molecule has 4 nitrogen and oxygen atoms in total. The number of fused-ring (bicyclic) bond motifs is 3. The lowest BCUT2D eigenvalue weighted by molar-refractivity contribution is 0.629. The highest BCUT2D eigenvalue weighted by molar-refractivity contribution is 6.31. The fraction of sp³-hybridized carbons (Fsp3) is 0.120. The van der Waals surface area contributed by atoms with E-state index >= 15 is 0 Å². The zero-order valence-corrected chi connectivity index (χ0v) is 17.6. The average Bonchev–Trinajstić information content (AvgIpc) is 3.05. The van der Waals surface area contributed by atoms with Crippen LogP contribution in [0.3, 0.4) is 0 Å². The van der Waals surface area contributed by atoms with Crippen molar-refractivity contribution in [1.82, 2.24) is 14.1 Å². The Morgan fingerprint density at radius 3 is 2.65 bits per heavy atom. The monoisotopic (exact) mass is 431 g/mol. The molecule has 3 aromatic carbocycles. The van der Waals surface area contributed by atoms with Crippen molar-refractivity contribution in [2.75, 3.05) is 0 Å². The van der Waals surface area contributed by atoms with Crippen LogP contribution in [0.15, 0.2) is 77.9 Å². The van der Waals surface area contributed by atoms with Gasteiger partial charge in [0.15, 0.2) is 0 Å². The summed E-state index contributed by atoms with van der Waals surface area (Å²) in [5, 5.41) is 1.22. The van der Waals surface area contributed by atoms with Crippen molar-refractivity contribution >= 4 is 33.5 Å². The van der Waals surface area contributed by atoms with Crippen LogP contribution in [0.25, 0.3) is 21.9 Å². The van der Waals surface area contributed by atoms with Gasteiger partial charge in [0, 0.05) is 17.0 Å². The van der Waals surface area contributed by atoms with Crippen LogP contribution in [0.2, 0.25) is 5.02 Å². The van der Waals surface area contributed by atoms with E-state index in [1.165, 1.54) is 18.5 Å². The van der Waals surface area contributed by atoms with Gasteiger partial charge in [-0.05, 0) is 42.3 Å². The molecule has 6 heteroatoms. The van der Waals surface area contributed by atoms with Crippen molar-refractivity contribution in [3.05, 3.63) is 111 Å². The Balaban J connectivity index is 1.74. The van der Waals surface area contributed by atoms with Crippen LogP contribution in [0.1, 0.15) is 16.7 Å². The molecule has 0 fully saturated rings. The summed E-state index contributed by atoms with van der Waals surface area (Å²) >= 11 is 6.30. The number of benzene rings is 3.